The van der Waals surface area contributed by atoms with Crippen LogP contribution in [0.3, 0.4) is 0 Å². The lowest BCUT2D eigenvalue weighted by atomic mass is 10.4. The highest BCUT2D eigenvalue weighted by molar-refractivity contribution is 9.11. The van der Waals surface area contributed by atoms with Crippen LogP contribution in [0.5, 0.6) is 0 Å². The van der Waals surface area contributed by atoms with Gasteiger partial charge in [0.05, 0.1) is 15.9 Å². The summed E-state index contributed by atoms with van der Waals surface area (Å²) in [5.41, 5.74) is 0. The van der Waals surface area contributed by atoms with Gasteiger partial charge in [-0.3, -0.25) is 0 Å². The van der Waals surface area contributed by atoms with Crippen molar-refractivity contribution in [3.63, 3.8) is 0 Å². The monoisotopic (exact) mass is 414 g/mol. The summed E-state index contributed by atoms with van der Waals surface area (Å²) >= 11 is 10.4. The molecule has 0 aliphatic heterocycles. The lowest BCUT2D eigenvalue weighted by Gasteiger charge is -2.22. The zero-order valence-corrected chi connectivity index (χ0v) is 13.8. The number of hydrogen-bond donors (Lipinski definition) is 0. The van der Waals surface area contributed by atoms with Crippen LogP contribution in [-0.4, -0.2) is 37.1 Å². The fourth-order valence-corrected chi connectivity index (χ4v) is 3.29. The molecule has 1 aromatic rings. The van der Waals surface area contributed by atoms with Gasteiger partial charge in [-0.05, 0) is 37.9 Å². The smallest absolute Gasteiger partial charge is 0.142 e. The van der Waals surface area contributed by atoms with Gasteiger partial charge >= 0.3 is 0 Å². The van der Waals surface area contributed by atoms with Crippen LogP contribution < -0.4 is 4.90 Å². The van der Waals surface area contributed by atoms with Gasteiger partial charge in [0, 0.05) is 31.4 Å². The molecule has 0 bridgehead atoms. The molecule has 0 aromatic carbocycles. The maximum Gasteiger partial charge on any atom is 0.142 e. The molecule has 6 heteroatoms. The summed E-state index contributed by atoms with van der Waals surface area (Å²) in [5, 5.41) is 0. The number of alkyl halides is 1. The van der Waals surface area contributed by atoms with E-state index in [1.54, 1.807) is 13.3 Å². The summed E-state index contributed by atoms with van der Waals surface area (Å²) in [4.78, 5) is 6.73. The lowest BCUT2D eigenvalue weighted by molar-refractivity contribution is 0.201. The fraction of sp³-hybridized carbons (Fsp3) is 0.500. The SMILES string of the molecule is COCC(Br)CN(C)c1ncc(Br)cc1Br. The van der Waals surface area contributed by atoms with Crippen molar-refractivity contribution in [2.45, 2.75) is 4.83 Å². The maximum absolute atomic E-state index is 5.08. The Bertz CT molecular complexity index is 349. The van der Waals surface area contributed by atoms with Gasteiger partial charge in [0.1, 0.15) is 5.82 Å². The minimum absolute atomic E-state index is 0.292. The first kappa shape index (κ1) is 14.4. The zero-order chi connectivity index (χ0) is 12.1. The summed E-state index contributed by atoms with van der Waals surface area (Å²) in [6, 6.07) is 1.98. The number of anilines is 1. The summed E-state index contributed by atoms with van der Waals surface area (Å²) in [6.45, 7) is 1.51. The second kappa shape index (κ2) is 6.93. The first-order chi connectivity index (χ1) is 7.54. The maximum atomic E-state index is 5.08. The fourth-order valence-electron chi connectivity index (χ4n) is 1.31. The van der Waals surface area contributed by atoms with E-state index < -0.39 is 0 Å². The van der Waals surface area contributed by atoms with Gasteiger partial charge in [0.25, 0.3) is 0 Å². The van der Waals surface area contributed by atoms with E-state index >= 15 is 0 Å². The molecule has 1 heterocycles. The predicted octanol–water partition coefficient (Wildman–Crippen LogP) is 3.45. The van der Waals surface area contributed by atoms with Gasteiger partial charge in [-0.15, -0.1) is 0 Å². The van der Waals surface area contributed by atoms with E-state index in [0.717, 1.165) is 21.3 Å². The third-order valence-electron chi connectivity index (χ3n) is 1.97. The molecule has 1 aromatic heterocycles. The van der Waals surface area contributed by atoms with E-state index in [2.05, 4.69) is 57.7 Å². The molecular weight excluding hydrogens is 404 g/mol. The third-order valence-corrected chi connectivity index (χ3v) is 3.54. The van der Waals surface area contributed by atoms with Crippen molar-refractivity contribution in [3.8, 4) is 0 Å². The topological polar surface area (TPSA) is 25.4 Å². The average molecular weight is 417 g/mol. The van der Waals surface area contributed by atoms with Crippen LogP contribution in [0.1, 0.15) is 0 Å². The van der Waals surface area contributed by atoms with E-state index in [4.69, 9.17) is 4.74 Å². The van der Waals surface area contributed by atoms with Crippen molar-refractivity contribution < 1.29 is 4.74 Å². The molecule has 0 saturated heterocycles. The van der Waals surface area contributed by atoms with Crippen LogP contribution in [0, 0.1) is 0 Å². The largest absolute Gasteiger partial charge is 0.383 e. The summed E-state index contributed by atoms with van der Waals surface area (Å²) < 4.78 is 7.01. The van der Waals surface area contributed by atoms with Gasteiger partial charge in [-0.2, -0.15) is 0 Å². The number of ether oxygens (including phenoxy) is 1. The minimum atomic E-state index is 0.292. The first-order valence-corrected chi connectivity index (χ1v) is 7.20. The molecule has 0 aliphatic rings. The van der Waals surface area contributed by atoms with Crippen molar-refractivity contribution in [2.24, 2.45) is 0 Å². The highest BCUT2D eigenvalue weighted by Gasteiger charge is 2.12. The van der Waals surface area contributed by atoms with Crippen molar-refractivity contribution in [1.29, 1.82) is 0 Å². The number of nitrogens with zero attached hydrogens (tertiary/aromatic N) is 2. The molecular formula is C10H13Br3N2O. The molecule has 1 atom stereocenters. The molecule has 0 saturated carbocycles. The first-order valence-electron chi connectivity index (χ1n) is 4.69. The summed E-state index contributed by atoms with van der Waals surface area (Å²) in [6.07, 6.45) is 1.79. The van der Waals surface area contributed by atoms with Crippen LogP contribution >= 0.6 is 47.8 Å². The van der Waals surface area contributed by atoms with Crippen molar-refractivity contribution in [2.75, 3.05) is 32.2 Å². The number of pyridine rings is 1. The Hall–Kier alpha value is 0.350. The molecule has 0 spiro atoms. The van der Waals surface area contributed by atoms with Gasteiger partial charge in [-0.25, -0.2) is 4.98 Å². The van der Waals surface area contributed by atoms with E-state index in [9.17, 15) is 0 Å². The Balaban J connectivity index is 2.69. The van der Waals surface area contributed by atoms with Crippen molar-refractivity contribution >= 4 is 53.6 Å². The quantitative estimate of drug-likeness (QED) is 0.687. The molecule has 1 rings (SSSR count). The number of methoxy groups -OCH3 is 1. The Morgan fingerprint density at radius 3 is 2.75 bits per heavy atom. The Labute approximate surface area is 121 Å². The highest BCUT2D eigenvalue weighted by Crippen LogP contribution is 2.26. The van der Waals surface area contributed by atoms with Crippen molar-refractivity contribution in [1.82, 2.24) is 4.98 Å². The highest BCUT2D eigenvalue weighted by atomic mass is 79.9. The molecule has 0 radical (unpaired) electrons. The van der Waals surface area contributed by atoms with Crippen LogP contribution in [0.25, 0.3) is 0 Å². The van der Waals surface area contributed by atoms with Crippen LogP contribution in [0.2, 0.25) is 0 Å². The Morgan fingerprint density at radius 1 is 1.50 bits per heavy atom. The summed E-state index contributed by atoms with van der Waals surface area (Å²) in [5.74, 6) is 0.920. The van der Waals surface area contributed by atoms with Gasteiger partial charge in [-0.1, -0.05) is 15.9 Å². The van der Waals surface area contributed by atoms with Gasteiger partial charge in [0.2, 0.25) is 0 Å². The second-order valence-electron chi connectivity index (χ2n) is 3.39. The lowest BCUT2D eigenvalue weighted by Crippen LogP contribution is -2.29. The Kier molecular flexibility index (Phi) is 6.25. The number of aromatic nitrogens is 1. The number of rotatable bonds is 5. The molecule has 0 fully saturated rings. The van der Waals surface area contributed by atoms with E-state index in [1.807, 2.05) is 13.1 Å². The molecule has 16 heavy (non-hydrogen) atoms. The van der Waals surface area contributed by atoms with E-state index in [1.165, 1.54) is 0 Å². The number of halogens is 3. The normalized spacial score (nSPS) is 12.6. The standard InChI is InChI=1S/C10H13Br3N2O/c1-15(5-8(12)6-16-2)10-9(13)3-7(11)4-14-10/h3-4,8H,5-6H2,1-2H3. The third kappa shape index (κ3) is 4.31. The molecule has 90 valence electrons. The molecule has 3 nitrogen and oxygen atoms in total. The van der Waals surface area contributed by atoms with Crippen LogP contribution in [0.15, 0.2) is 21.2 Å². The molecule has 0 N–H and O–H groups in total. The molecule has 0 aliphatic carbocycles. The van der Waals surface area contributed by atoms with E-state index in [0.29, 0.717) is 11.4 Å². The second-order valence-corrected chi connectivity index (χ2v) is 6.46. The number of hydrogen-bond acceptors (Lipinski definition) is 3. The van der Waals surface area contributed by atoms with Crippen LogP contribution in [0.4, 0.5) is 5.82 Å². The minimum Gasteiger partial charge on any atom is -0.383 e. The van der Waals surface area contributed by atoms with Gasteiger partial charge in [0.15, 0.2) is 0 Å². The molecule has 0 amide bonds. The van der Waals surface area contributed by atoms with Gasteiger partial charge < -0.3 is 9.64 Å². The zero-order valence-electron chi connectivity index (χ0n) is 9.08. The van der Waals surface area contributed by atoms with Crippen LogP contribution in [-0.2, 0) is 4.74 Å². The predicted molar refractivity (Wildman–Crippen MR) is 77.5 cm³/mol. The van der Waals surface area contributed by atoms with Crippen molar-refractivity contribution in [3.05, 3.63) is 21.2 Å². The molecule has 1 unspecified atom stereocenters. The summed E-state index contributed by atoms with van der Waals surface area (Å²) in [7, 11) is 3.70. The average Bonchev–Trinajstić information content (AvgIpc) is 2.17. The Morgan fingerprint density at radius 2 is 2.19 bits per heavy atom. The van der Waals surface area contributed by atoms with E-state index in [-0.39, 0.29) is 0 Å².